The van der Waals surface area contributed by atoms with Crippen molar-refractivity contribution in [1.82, 2.24) is 14.3 Å². The number of benzene rings is 1. The number of halogens is 1. The lowest BCUT2D eigenvalue weighted by Gasteiger charge is -2.14. The van der Waals surface area contributed by atoms with E-state index in [1.54, 1.807) is 6.20 Å². The third-order valence-electron chi connectivity index (χ3n) is 3.77. The first kappa shape index (κ1) is 16.4. The SMILES string of the molecule is Cc1ccc(C)n1-c1cc(Br)n(-c2cccc(N(N)/C=C\N)c2)n1. The zero-order valence-electron chi connectivity index (χ0n) is 13.5. The van der Waals surface area contributed by atoms with Crippen LogP contribution in [0.2, 0.25) is 0 Å². The summed E-state index contributed by atoms with van der Waals surface area (Å²) in [6.07, 6.45) is 2.99. The third kappa shape index (κ3) is 2.95. The second-order valence-electron chi connectivity index (χ2n) is 5.46. The lowest BCUT2D eigenvalue weighted by atomic mass is 10.3. The van der Waals surface area contributed by atoms with Crippen LogP contribution in [0.3, 0.4) is 0 Å². The van der Waals surface area contributed by atoms with Crippen LogP contribution in [-0.2, 0) is 0 Å². The van der Waals surface area contributed by atoms with E-state index in [9.17, 15) is 0 Å². The van der Waals surface area contributed by atoms with Crippen molar-refractivity contribution in [2.75, 3.05) is 5.01 Å². The summed E-state index contributed by atoms with van der Waals surface area (Å²) in [6, 6.07) is 13.9. The Morgan fingerprint density at radius 2 is 1.83 bits per heavy atom. The van der Waals surface area contributed by atoms with Gasteiger partial charge >= 0.3 is 0 Å². The third-order valence-corrected chi connectivity index (χ3v) is 4.34. The van der Waals surface area contributed by atoms with E-state index in [0.29, 0.717) is 0 Å². The second-order valence-corrected chi connectivity index (χ2v) is 6.27. The number of rotatable bonds is 4. The molecule has 2 heterocycles. The van der Waals surface area contributed by atoms with Gasteiger partial charge in [-0.25, -0.2) is 10.5 Å². The molecule has 0 aliphatic carbocycles. The molecule has 7 heteroatoms. The van der Waals surface area contributed by atoms with Crippen LogP contribution >= 0.6 is 15.9 Å². The van der Waals surface area contributed by atoms with E-state index in [-0.39, 0.29) is 0 Å². The molecule has 0 fully saturated rings. The minimum absolute atomic E-state index is 0.812. The Balaban J connectivity index is 2.04. The monoisotopic (exact) mass is 386 g/mol. The molecule has 1 aromatic carbocycles. The van der Waals surface area contributed by atoms with Gasteiger partial charge < -0.3 is 10.3 Å². The fourth-order valence-electron chi connectivity index (χ4n) is 2.63. The maximum atomic E-state index is 5.93. The van der Waals surface area contributed by atoms with Gasteiger partial charge in [0.25, 0.3) is 0 Å². The molecule has 2 aromatic heterocycles. The van der Waals surface area contributed by atoms with Crippen LogP contribution in [0.15, 0.2) is 59.5 Å². The molecule has 6 nitrogen and oxygen atoms in total. The largest absolute Gasteiger partial charge is 0.403 e. The lowest BCUT2D eigenvalue weighted by Crippen LogP contribution is -2.24. The number of aromatic nitrogens is 3. The van der Waals surface area contributed by atoms with Gasteiger partial charge in [-0.2, -0.15) is 0 Å². The molecule has 3 aromatic rings. The lowest BCUT2D eigenvalue weighted by molar-refractivity contribution is 0.816. The number of aryl methyl sites for hydroxylation is 2. The van der Waals surface area contributed by atoms with Crippen LogP contribution in [-0.4, -0.2) is 14.3 Å². The molecule has 4 N–H and O–H groups in total. The van der Waals surface area contributed by atoms with Crippen LogP contribution in [0.4, 0.5) is 5.69 Å². The zero-order chi connectivity index (χ0) is 17.3. The number of hydrogen-bond donors (Lipinski definition) is 2. The number of hydrogen-bond acceptors (Lipinski definition) is 4. The summed E-state index contributed by atoms with van der Waals surface area (Å²) in [5, 5.41) is 6.18. The summed E-state index contributed by atoms with van der Waals surface area (Å²) < 4.78 is 4.80. The van der Waals surface area contributed by atoms with Crippen molar-refractivity contribution < 1.29 is 0 Å². The van der Waals surface area contributed by atoms with Crippen molar-refractivity contribution in [2.45, 2.75) is 13.8 Å². The molecule has 0 saturated heterocycles. The number of nitrogens with two attached hydrogens (primary N) is 2. The summed E-state index contributed by atoms with van der Waals surface area (Å²) in [4.78, 5) is 0. The minimum Gasteiger partial charge on any atom is -0.403 e. The first-order valence-corrected chi connectivity index (χ1v) is 8.24. The van der Waals surface area contributed by atoms with Gasteiger partial charge in [-0.15, -0.1) is 5.10 Å². The van der Waals surface area contributed by atoms with E-state index in [1.807, 2.05) is 35.0 Å². The highest BCUT2D eigenvalue weighted by atomic mass is 79.9. The second kappa shape index (κ2) is 6.54. The van der Waals surface area contributed by atoms with Crippen LogP contribution in [0.1, 0.15) is 11.4 Å². The molecule has 0 amide bonds. The van der Waals surface area contributed by atoms with Crippen LogP contribution in [0, 0.1) is 13.8 Å². The minimum atomic E-state index is 0.812. The van der Waals surface area contributed by atoms with Gasteiger partial charge in [-0.1, -0.05) is 6.07 Å². The van der Waals surface area contributed by atoms with Crippen molar-refractivity contribution in [3.8, 4) is 11.5 Å². The van der Waals surface area contributed by atoms with Crippen LogP contribution < -0.4 is 16.6 Å². The Kier molecular flexibility index (Phi) is 4.46. The molecule has 3 rings (SSSR count). The average molecular weight is 387 g/mol. The van der Waals surface area contributed by atoms with Gasteiger partial charge in [0.05, 0.1) is 11.4 Å². The fourth-order valence-corrected chi connectivity index (χ4v) is 3.12. The number of nitrogens with zero attached hydrogens (tertiary/aromatic N) is 4. The first-order chi connectivity index (χ1) is 11.5. The molecular formula is C17H19BrN6. The maximum Gasteiger partial charge on any atom is 0.160 e. The zero-order valence-corrected chi connectivity index (χ0v) is 15.1. The van der Waals surface area contributed by atoms with Gasteiger partial charge in [0.15, 0.2) is 5.82 Å². The molecule has 0 atom stereocenters. The maximum absolute atomic E-state index is 5.93. The predicted octanol–water partition coefficient (Wildman–Crippen LogP) is 3.15. The Labute approximate surface area is 149 Å². The van der Waals surface area contributed by atoms with Crippen molar-refractivity contribution >= 4 is 21.6 Å². The van der Waals surface area contributed by atoms with Gasteiger partial charge in [0.1, 0.15) is 4.60 Å². The fraction of sp³-hybridized carbons (Fsp3) is 0.118. The molecule has 0 aliphatic heterocycles. The van der Waals surface area contributed by atoms with Crippen molar-refractivity contribution in [3.63, 3.8) is 0 Å². The standard InChI is InChI=1S/C17H19BrN6/c1-12-6-7-13(2)23(12)17-11-16(18)24(21-17)15-5-3-4-14(10-15)22(20)9-8-19/h3-11H,19-20H2,1-2H3/b9-8-. The summed E-state index contributed by atoms with van der Waals surface area (Å²) in [7, 11) is 0. The highest BCUT2D eigenvalue weighted by Gasteiger charge is 2.12. The molecule has 0 radical (unpaired) electrons. The van der Waals surface area contributed by atoms with E-state index in [0.717, 1.165) is 33.2 Å². The highest BCUT2D eigenvalue weighted by molar-refractivity contribution is 9.10. The number of anilines is 1. The van der Waals surface area contributed by atoms with Crippen molar-refractivity contribution in [3.05, 3.63) is 70.9 Å². The number of hydrazine groups is 1. The summed E-state index contributed by atoms with van der Waals surface area (Å²) in [6.45, 7) is 4.12. The van der Waals surface area contributed by atoms with Gasteiger partial charge in [0, 0.05) is 29.9 Å². The van der Waals surface area contributed by atoms with Gasteiger partial charge in [-0.05, 0) is 60.1 Å². The van der Waals surface area contributed by atoms with E-state index in [4.69, 9.17) is 16.7 Å². The molecule has 0 unspecified atom stereocenters. The summed E-state index contributed by atoms with van der Waals surface area (Å²) in [5.41, 5.74) is 9.38. The molecular weight excluding hydrogens is 368 g/mol. The highest BCUT2D eigenvalue weighted by Crippen LogP contribution is 2.24. The Morgan fingerprint density at radius 3 is 2.50 bits per heavy atom. The van der Waals surface area contributed by atoms with E-state index >= 15 is 0 Å². The summed E-state index contributed by atoms with van der Waals surface area (Å²) in [5.74, 6) is 6.79. The Bertz CT molecular complexity index is 873. The Hall–Kier alpha value is -2.51. The van der Waals surface area contributed by atoms with Gasteiger partial charge in [0.2, 0.25) is 0 Å². The molecule has 0 saturated carbocycles. The van der Waals surface area contributed by atoms with E-state index in [1.165, 1.54) is 11.2 Å². The molecule has 24 heavy (non-hydrogen) atoms. The molecule has 0 spiro atoms. The molecule has 0 aliphatic rings. The molecule has 0 bridgehead atoms. The van der Waals surface area contributed by atoms with E-state index < -0.39 is 0 Å². The summed E-state index contributed by atoms with van der Waals surface area (Å²) >= 11 is 3.59. The predicted molar refractivity (Wildman–Crippen MR) is 100 cm³/mol. The van der Waals surface area contributed by atoms with Crippen molar-refractivity contribution in [1.29, 1.82) is 0 Å². The van der Waals surface area contributed by atoms with Gasteiger partial charge in [-0.3, -0.25) is 5.01 Å². The van der Waals surface area contributed by atoms with Crippen LogP contribution in [0.5, 0.6) is 0 Å². The topological polar surface area (TPSA) is 78.0 Å². The molecule has 124 valence electrons. The quantitative estimate of drug-likeness (QED) is 0.533. The average Bonchev–Trinajstić information content (AvgIpc) is 3.10. The first-order valence-electron chi connectivity index (χ1n) is 7.45. The Morgan fingerprint density at radius 1 is 1.12 bits per heavy atom. The van der Waals surface area contributed by atoms with Crippen LogP contribution in [0.25, 0.3) is 11.5 Å². The normalized spacial score (nSPS) is 11.3. The smallest absolute Gasteiger partial charge is 0.160 e. The van der Waals surface area contributed by atoms with E-state index in [2.05, 4.69) is 46.5 Å². The van der Waals surface area contributed by atoms with Crippen molar-refractivity contribution in [2.24, 2.45) is 11.6 Å².